The zero-order chi connectivity index (χ0) is 9.90. The zero-order valence-corrected chi connectivity index (χ0v) is 9.12. The summed E-state index contributed by atoms with van der Waals surface area (Å²) in [5, 5.41) is 8.89. The SMILES string of the molecule is CC(C)(C#N)c1ccc(SCl)cc1. The Kier molecular flexibility index (Phi) is 3.24. The van der Waals surface area contributed by atoms with Gasteiger partial charge in [0, 0.05) is 4.90 Å². The van der Waals surface area contributed by atoms with E-state index >= 15 is 0 Å². The van der Waals surface area contributed by atoms with Gasteiger partial charge in [-0.3, -0.25) is 0 Å². The number of halogens is 1. The Morgan fingerprint density at radius 2 is 1.85 bits per heavy atom. The van der Waals surface area contributed by atoms with Crippen molar-refractivity contribution in [2.24, 2.45) is 0 Å². The predicted octanol–water partition coefficient (Wildman–Crippen LogP) is 3.73. The zero-order valence-electron chi connectivity index (χ0n) is 7.54. The predicted molar refractivity (Wildman–Crippen MR) is 56.8 cm³/mol. The van der Waals surface area contributed by atoms with Crippen molar-refractivity contribution in [2.45, 2.75) is 24.2 Å². The molecule has 0 aliphatic carbocycles. The van der Waals surface area contributed by atoms with Gasteiger partial charge in [-0.15, -0.1) is 0 Å². The number of nitriles is 1. The van der Waals surface area contributed by atoms with E-state index in [1.807, 2.05) is 38.1 Å². The van der Waals surface area contributed by atoms with Crippen molar-refractivity contribution >= 4 is 21.7 Å². The first kappa shape index (κ1) is 10.4. The van der Waals surface area contributed by atoms with Crippen molar-refractivity contribution < 1.29 is 0 Å². The molecular weight excluding hydrogens is 202 g/mol. The quantitative estimate of drug-likeness (QED) is 0.744. The van der Waals surface area contributed by atoms with Gasteiger partial charge in [0.25, 0.3) is 0 Å². The topological polar surface area (TPSA) is 23.8 Å². The van der Waals surface area contributed by atoms with Crippen LogP contribution >= 0.6 is 21.7 Å². The van der Waals surface area contributed by atoms with Crippen LogP contribution in [0.2, 0.25) is 0 Å². The number of nitrogens with zero attached hydrogens (tertiary/aromatic N) is 1. The Labute approximate surface area is 87.2 Å². The van der Waals surface area contributed by atoms with Crippen LogP contribution in [-0.4, -0.2) is 0 Å². The van der Waals surface area contributed by atoms with Crippen LogP contribution in [0.3, 0.4) is 0 Å². The molecule has 1 aromatic rings. The molecule has 0 saturated carbocycles. The van der Waals surface area contributed by atoms with E-state index in [1.54, 1.807) is 0 Å². The molecule has 0 aromatic heterocycles. The Hall–Kier alpha value is -0.650. The molecule has 0 unspecified atom stereocenters. The van der Waals surface area contributed by atoms with Gasteiger partial charge in [-0.1, -0.05) is 12.1 Å². The summed E-state index contributed by atoms with van der Waals surface area (Å²) in [7, 11) is 6.76. The Morgan fingerprint density at radius 1 is 1.31 bits per heavy atom. The molecule has 0 aliphatic rings. The Bertz CT molecular complexity index is 324. The highest BCUT2D eigenvalue weighted by Crippen LogP contribution is 2.26. The molecule has 0 amide bonds. The second-order valence-corrected chi connectivity index (χ2v) is 4.43. The molecule has 0 radical (unpaired) electrons. The largest absolute Gasteiger partial charge is 0.197 e. The minimum atomic E-state index is -0.421. The molecule has 0 bridgehead atoms. The standard InChI is InChI=1S/C10H10ClNS/c1-10(2,7-12)8-3-5-9(13-11)6-4-8/h3-6H,1-2H3. The molecule has 0 heterocycles. The van der Waals surface area contributed by atoms with Crippen molar-refractivity contribution in [1.82, 2.24) is 0 Å². The average molecular weight is 212 g/mol. The monoisotopic (exact) mass is 211 g/mol. The maximum atomic E-state index is 8.89. The highest BCUT2D eigenvalue weighted by atomic mass is 35.7. The van der Waals surface area contributed by atoms with Gasteiger partial charge >= 0.3 is 0 Å². The highest BCUT2D eigenvalue weighted by Gasteiger charge is 2.18. The summed E-state index contributed by atoms with van der Waals surface area (Å²) < 4.78 is 0. The first-order valence-electron chi connectivity index (χ1n) is 3.90. The van der Waals surface area contributed by atoms with Crippen LogP contribution in [-0.2, 0) is 5.41 Å². The van der Waals surface area contributed by atoms with E-state index in [9.17, 15) is 0 Å². The van der Waals surface area contributed by atoms with Gasteiger partial charge in [0.1, 0.15) is 0 Å². The van der Waals surface area contributed by atoms with Crippen LogP contribution in [0.25, 0.3) is 0 Å². The lowest BCUT2D eigenvalue weighted by atomic mass is 9.87. The van der Waals surface area contributed by atoms with Crippen LogP contribution in [0, 0.1) is 11.3 Å². The summed E-state index contributed by atoms with van der Waals surface area (Å²) in [5.41, 5.74) is 0.597. The van der Waals surface area contributed by atoms with Gasteiger partial charge in [0.15, 0.2) is 0 Å². The normalized spacial score (nSPS) is 10.9. The molecule has 0 N–H and O–H groups in total. The highest BCUT2D eigenvalue weighted by molar-refractivity contribution is 8.21. The van der Waals surface area contributed by atoms with Crippen LogP contribution in [0.15, 0.2) is 29.2 Å². The molecule has 3 heteroatoms. The fourth-order valence-electron chi connectivity index (χ4n) is 0.988. The number of hydrogen-bond donors (Lipinski definition) is 0. The van der Waals surface area contributed by atoms with Gasteiger partial charge in [-0.05, 0) is 53.2 Å². The summed E-state index contributed by atoms with van der Waals surface area (Å²) in [6, 6.07) is 9.98. The third-order valence-corrected chi connectivity index (χ3v) is 2.93. The summed E-state index contributed by atoms with van der Waals surface area (Å²) in [6.45, 7) is 3.80. The van der Waals surface area contributed by atoms with Crippen LogP contribution < -0.4 is 0 Å². The summed E-state index contributed by atoms with van der Waals surface area (Å²) in [5.74, 6) is 0. The van der Waals surface area contributed by atoms with Gasteiger partial charge in [0.2, 0.25) is 0 Å². The van der Waals surface area contributed by atoms with Crippen molar-refractivity contribution in [3.8, 4) is 6.07 Å². The molecule has 13 heavy (non-hydrogen) atoms. The summed E-state index contributed by atoms with van der Waals surface area (Å²) >= 11 is 0. The molecule has 0 saturated heterocycles. The van der Waals surface area contributed by atoms with Crippen LogP contribution in [0.1, 0.15) is 19.4 Å². The number of benzene rings is 1. The summed E-state index contributed by atoms with van der Waals surface area (Å²) in [4.78, 5) is 0.999. The second kappa shape index (κ2) is 4.04. The van der Waals surface area contributed by atoms with Gasteiger partial charge in [0.05, 0.1) is 11.5 Å². The van der Waals surface area contributed by atoms with E-state index in [0.29, 0.717) is 0 Å². The fraction of sp³-hybridized carbons (Fsp3) is 0.300. The lowest BCUT2D eigenvalue weighted by Crippen LogP contribution is -2.13. The fourth-order valence-corrected chi connectivity index (χ4v) is 1.54. The molecule has 0 aliphatic heterocycles. The molecule has 68 valence electrons. The van der Waals surface area contributed by atoms with Crippen LogP contribution in [0.4, 0.5) is 0 Å². The van der Waals surface area contributed by atoms with E-state index in [-0.39, 0.29) is 0 Å². The lowest BCUT2D eigenvalue weighted by Gasteiger charge is -2.15. The van der Waals surface area contributed by atoms with E-state index < -0.39 is 5.41 Å². The first-order valence-corrected chi connectivity index (χ1v) is 5.55. The van der Waals surface area contributed by atoms with Crippen molar-refractivity contribution in [3.63, 3.8) is 0 Å². The first-order chi connectivity index (χ1) is 6.10. The maximum Gasteiger partial charge on any atom is 0.0766 e. The van der Waals surface area contributed by atoms with E-state index in [0.717, 1.165) is 10.5 Å². The van der Waals surface area contributed by atoms with Crippen molar-refractivity contribution in [2.75, 3.05) is 0 Å². The third-order valence-electron chi connectivity index (χ3n) is 1.94. The van der Waals surface area contributed by atoms with E-state index in [2.05, 4.69) is 6.07 Å². The van der Waals surface area contributed by atoms with Crippen molar-refractivity contribution in [3.05, 3.63) is 29.8 Å². The third kappa shape index (κ3) is 2.40. The van der Waals surface area contributed by atoms with Gasteiger partial charge in [-0.25, -0.2) is 0 Å². The summed E-state index contributed by atoms with van der Waals surface area (Å²) in [6.07, 6.45) is 0. The average Bonchev–Trinajstić information content (AvgIpc) is 2.18. The molecule has 1 nitrogen and oxygen atoms in total. The minimum absolute atomic E-state index is 0.421. The maximum absolute atomic E-state index is 8.89. The smallest absolute Gasteiger partial charge is 0.0766 e. The van der Waals surface area contributed by atoms with Gasteiger partial charge in [-0.2, -0.15) is 5.26 Å². The molecule has 0 atom stereocenters. The van der Waals surface area contributed by atoms with Crippen LogP contribution in [0.5, 0.6) is 0 Å². The van der Waals surface area contributed by atoms with Gasteiger partial charge < -0.3 is 0 Å². The molecule has 0 spiro atoms. The molecule has 0 fully saturated rings. The Morgan fingerprint density at radius 3 is 2.23 bits per heavy atom. The number of rotatable bonds is 2. The van der Waals surface area contributed by atoms with E-state index in [4.69, 9.17) is 15.9 Å². The van der Waals surface area contributed by atoms with Crippen molar-refractivity contribution in [1.29, 1.82) is 5.26 Å². The number of hydrogen-bond acceptors (Lipinski definition) is 2. The lowest BCUT2D eigenvalue weighted by molar-refractivity contribution is 0.686. The molecule has 1 aromatic carbocycles. The minimum Gasteiger partial charge on any atom is -0.197 e. The van der Waals surface area contributed by atoms with E-state index in [1.165, 1.54) is 11.0 Å². The molecular formula is C10H10ClNS. The second-order valence-electron chi connectivity index (χ2n) is 3.34. The molecule has 1 rings (SSSR count). The Balaban J connectivity index is 3.00.